The number of carbonyl (C=O) groups is 2. The van der Waals surface area contributed by atoms with E-state index in [1.165, 1.54) is 0 Å². The van der Waals surface area contributed by atoms with Crippen molar-refractivity contribution in [3.63, 3.8) is 0 Å². The zero-order valence-corrected chi connectivity index (χ0v) is 29.2. The number of hydrogen-bond acceptors (Lipinski definition) is 3. The lowest BCUT2D eigenvalue weighted by Crippen LogP contribution is -2.15. The molecule has 0 aliphatic heterocycles. The third kappa shape index (κ3) is 3.70. The molecular formula is C51H28O3. The fourth-order valence-corrected chi connectivity index (χ4v) is 9.66. The van der Waals surface area contributed by atoms with Gasteiger partial charge in [0.2, 0.25) is 0 Å². The van der Waals surface area contributed by atoms with Crippen LogP contribution in [0.1, 0.15) is 31.8 Å². The number of ketones is 2. The maximum Gasteiger partial charge on any atom is 0.198 e. The van der Waals surface area contributed by atoms with Crippen LogP contribution in [0.3, 0.4) is 0 Å². The van der Waals surface area contributed by atoms with E-state index < -0.39 is 0 Å². The van der Waals surface area contributed by atoms with E-state index >= 15 is 9.59 Å². The largest absolute Gasteiger partial charge is 0.495 e. The predicted octanol–water partition coefficient (Wildman–Crippen LogP) is 12.8. The van der Waals surface area contributed by atoms with Crippen LogP contribution in [0.25, 0.3) is 97.0 Å². The van der Waals surface area contributed by atoms with E-state index in [0.717, 1.165) is 97.0 Å². The summed E-state index contributed by atoms with van der Waals surface area (Å²) in [6.07, 6.45) is 0. The number of methoxy groups -OCH3 is 1. The molecule has 0 saturated carbocycles. The van der Waals surface area contributed by atoms with Crippen LogP contribution < -0.4 is 4.74 Å². The minimum atomic E-state index is -0.239. The van der Waals surface area contributed by atoms with Gasteiger partial charge >= 0.3 is 0 Å². The number of benzene rings is 12. The molecule has 12 aromatic rings. The normalized spacial score (nSPS) is 12.3. The highest BCUT2D eigenvalue weighted by atomic mass is 16.5. The molecule has 0 spiro atoms. The third-order valence-corrected chi connectivity index (χ3v) is 12.0. The van der Waals surface area contributed by atoms with E-state index in [4.69, 9.17) is 4.74 Å². The molecule has 0 aliphatic rings. The first kappa shape index (κ1) is 29.5. The minimum Gasteiger partial charge on any atom is -0.495 e. The molecule has 0 aromatic heterocycles. The topological polar surface area (TPSA) is 43.4 Å². The van der Waals surface area contributed by atoms with Crippen molar-refractivity contribution in [1.82, 2.24) is 0 Å². The van der Waals surface area contributed by atoms with Crippen LogP contribution in [0.15, 0.2) is 152 Å². The summed E-state index contributed by atoms with van der Waals surface area (Å²) >= 11 is 0. The van der Waals surface area contributed by atoms with Gasteiger partial charge in [-0.2, -0.15) is 0 Å². The average Bonchev–Trinajstić information content (AvgIpc) is 3.22. The highest BCUT2D eigenvalue weighted by molar-refractivity contribution is 6.38. The van der Waals surface area contributed by atoms with Crippen LogP contribution in [0.2, 0.25) is 0 Å². The molecule has 0 saturated heterocycles. The van der Waals surface area contributed by atoms with Crippen LogP contribution in [0.4, 0.5) is 0 Å². The first-order chi connectivity index (χ1) is 26.6. The van der Waals surface area contributed by atoms with Crippen LogP contribution >= 0.6 is 0 Å². The van der Waals surface area contributed by atoms with Crippen molar-refractivity contribution < 1.29 is 14.3 Å². The number of carbonyl (C=O) groups excluding carboxylic acids is 2. The zero-order chi connectivity index (χ0) is 35.8. The Labute approximate surface area is 308 Å². The van der Waals surface area contributed by atoms with Gasteiger partial charge < -0.3 is 4.74 Å². The van der Waals surface area contributed by atoms with Crippen LogP contribution in [-0.4, -0.2) is 18.7 Å². The molecule has 54 heavy (non-hydrogen) atoms. The standard InChI is InChI=1S/C51H28O3/c1-54-51-40-26-20-32-10-4-9-31-19-25-39(46(40)43(31)32)47(49(52)37-23-17-33-13-11-27-5-2-7-29-15-21-35(37)44(33)41(27)29)48(51)50(53)38-24-18-34-14-12-28-6-3-8-30-16-22-36(38)45(34)42(28)30/h2-26H,1H3. The van der Waals surface area contributed by atoms with Crippen molar-refractivity contribution in [2.45, 2.75) is 0 Å². The summed E-state index contributed by atoms with van der Waals surface area (Å²) in [5.41, 5.74) is 1.75. The van der Waals surface area contributed by atoms with Crippen molar-refractivity contribution in [1.29, 1.82) is 0 Å². The van der Waals surface area contributed by atoms with Crippen molar-refractivity contribution in [2.24, 2.45) is 0 Å². The lowest BCUT2D eigenvalue weighted by molar-refractivity contribution is 0.100. The maximum atomic E-state index is 15.7. The zero-order valence-electron chi connectivity index (χ0n) is 29.2. The van der Waals surface area contributed by atoms with Gasteiger partial charge in [0.05, 0.1) is 12.7 Å². The van der Waals surface area contributed by atoms with Gasteiger partial charge in [0.25, 0.3) is 0 Å². The third-order valence-electron chi connectivity index (χ3n) is 12.0. The van der Waals surface area contributed by atoms with E-state index in [1.54, 1.807) is 7.11 Å². The maximum absolute atomic E-state index is 15.7. The fraction of sp³-hybridized carbons (Fsp3) is 0.0196. The molecule has 0 N–H and O–H groups in total. The van der Waals surface area contributed by atoms with Gasteiger partial charge in [-0.1, -0.05) is 133 Å². The molecule has 12 rings (SSSR count). The van der Waals surface area contributed by atoms with Gasteiger partial charge in [-0.25, -0.2) is 0 Å². The van der Waals surface area contributed by atoms with Crippen LogP contribution in [0.5, 0.6) is 5.75 Å². The Morgan fingerprint density at radius 3 is 1.11 bits per heavy atom. The Balaban J connectivity index is 1.21. The van der Waals surface area contributed by atoms with Gasteiger partial charge in [-0.3, -0.25) is 9.59 Å². The number of hydrogen-bond donors (Lipinski definition) is 0. The molecule has 0 radical (unpaired) electrons. The number of rotatable bonds is 5. The summed E-state index contributed by atoms with van der Waals surface area (Å²) in [6.45, 7) is 0. The summed E-state index contributed by atoms with van der Waals surface area (Å²) < 4.78 is 6.30. The SMILES string of the molecule is COc1c(C(=O)c2ccc3ccc4cccc5ccc2c3c45)c(C(=O)c2ccc3ccc4cccc5ccc2c3c45)c2ccc3cccc4ccc1c2c43. The Bertz CT molecular complexity index is 3530. The molecule has 0 unspecified atom stereocenters. The van der Waals surface area contributed by atoms with Crippen molar-refractivity contribution in [3.05, 3.63) is 174 Å². The highest BCUT2D eigenvalue weighted by Crippen LogP contribution is 2.46. The molecule has 0 atom stereocenters. The van der Waals surface area contributed by atoms with E-state index in [2.05, 4.69) is 115 Å². The summed E-state index contributed by atoms with van der Waals surface area (Å²) in [5.74, 6) is -0.0286. The van der Waals surface area contributed by atoms with E-state index in [0.29, 0.717) is 22.4 Å². The van der Waals surface area contributed by atoms with Gasteiger partial charge in [-0.15, -0.1) is 0 Å². The Hall–Kier alpha value is -7.10. The first-order valence-electron chi connectivity index (χ1n) is 18.3. The molecule has 0 aliphatic carbocycles. The van der Waals surface area contributed by atoms with Gasteiger partial charge in [0, 0.05) is 27.5 Å². The quantitative estimate of drug-likeness (QED) is 0.134. The highest BCUT2D eigenvalue weighted by Gasteiger charge is 2.32. The van der Waals surface area contributed by atoms with Gasteiger partial charge in [0.1, 0.15) is 5.75 Å². The second-order valence-corrected chi connectivity index (χ2v) is 14.6. The van der Waals surface area contributed by atoms with Crippen LogP contribution in [0, 0.1) is 0 Å². The Morgan fingerprint density at radius 2 is 0.667 bits per heavy atom. The average molecular weight is 689 g/mol. The van der Waals surface area contributed by atoms with E-state index in [-0.39, 0.29) is 17.1 Å². The van der Waals surface area contributed by atoms with E-state index in [9.17, 15) is 0 Å². The molecule has 3 nitrogen and oxygen atoms in total. The second-order valence-electron chi connectivity index (χ2n) is 14.6. The summed E-state index contributed by atoms with van der Waals surface area (Å²) in [6, 6.07) is 51.8. The van der Waals surface area contributed by atoms with Crippen molar-refractivity contribution in [2.75, 3.05) is 7.11 Å². The molecule has 0 fully saturated rings. The van der Waals surface area contributed by atoms with Crippen molar-refractivity contribution in [3.8, 4) is 5.75 Å². The van der Waals surface area contributed by atoms with Gasteiger partial charge in [-0.05, 0) is 104 Å². The van der Waals surface area contributed by atoms with Gasteiger partial charge in [0.15, 0.2) is 11.6 Å². The second kappa shape index (κ2) is 10.5. The first-order valence-corrected chi connectivity index (χ1v) is 18.3. The molecule has 3 heteroatoms. The lowest BCUT2D eigenvalue weighted by atomic mass is 9.81. The predicted molar refractivity (Wildman–Crippen MR) is 224 cm³/mol. The Kier molecular flexibility index (Phi) is 5.73. The summed E-state index contributed by atoms with van der Waals surface area (Å²) in [5, 5.41) is 18.4. The minimum absolute atomic E-state index is 0.203. The van der Waals surface area contributed by atoms with E-state index in [1.807, 2.05) is 36.4 Å². The van der Waals surface area contributed by atoms with Crippen molar-refractivity contribution >= 4 is 109 Å². The lowest BCUT2D eigenvalue weighted by Gasteiger charge is -2.22. The molecule has 0 heterocycles. The molecule has 12 aromatic carbocycles. The molecule has 0 amide bonds. The number of ether oxygens (including phenoxy) is 1. The summed E-state index contributed by atoms with van der Waals surface area (Å²) in [7, 11) is 1.61. The molecule has 0 bridgehead atoms. The monoisotopic (exact) mass is 688 g/mol. The molecular weight excluding hydrogens is 661 g/mol. The molecule has 250 valence electrons. The summed E-state index contributed by atoms with van der Waals surface area (Å²) in [4.78, 5) is 31.3. The Morgan fingerprint density at radius 1 is 0.333 bits per heavy atom. The smallest absolute Gasteiger partial charge is 0.198 e. The van der Waals surface area contributed by atoms with Crippen LogP contribution in [-0.2, 0) is 0 Å². The fourth-order valence-electron chi connectivity index (χ4n) is 9.66.